The summed E-state index contributed by atoms with van der Waals surface area (Å²) in [7, 11) is 1.86. The number of carbonyl (C=O) groups is 1. The van der Waals surface area contributed by atoms with E-state index >= 15 is 0 Å². The molecule has 92 valence electrons. The molecule has 0 aromatic heterocycles. The number of benzene rings is 1. The number of amides is 1. The van der Waals surface area contributed by atoms with Crippen molar-refractivity contribution in [1.29, 1.82) is 0 Å². The smallest absolute Gasteiger partial charge is 0.255 e. The highest BCUT2D eigenvalue weighted by Gasteiger charge is 2.33. The molecule has 1 amide bonds. The molecule has 1 aliphatic carbocycles. The zero-order chi connectivity index (χ0) is 12.6. The van der Waals surface area contributed by atoms with Crippen molar-refractivity contribution in [2.45, 2.75) is 25.8 Å². The van der Waals surface area contributed by atoms with Crippen LogP contribution < -0.4 is 5.73 Å². The molecule has 1 atom stereocenters. The zero-order valence-corrected chi connectivity index (χ0v) is 11.7. The summed E-state index contributed by atoms with van der Waals surface area (Å²) in [6.45, 7) is 2.11. The molecule has 1 saturated carbocycles. The lowest BCUT2D eigenvalue weighted by molar-refractivity contribution is 0.0726. The van der Waals surface area contributed by atoms with Crippen molar-refractivity contribution in [1.82, 2.24) is 4.90 Å². The number of hydrogen-bond acceptors (Lipinski definition) is 2. The van der Waals surface area contributed by atoms with Gasteiger partial charge in [-0.15, -0.1) is 0 Å². The molecule has 1 aromatic carbocycles. The minimum absolute atomic E-state index is 0.0311. The third kappa shape index (κ3) is 2.46. The van der Waals surface area contributed by atoms with E-state index in [4.69, 9.17) is 5.73 Å². The highest BCUT2D eigenvalue weighted by molar-refractivity contribution is 9.10. The fraction of sp³-hybridized carbons (Fsp3) is 0.462. The fourth-order valence-corrected chi connectivity index (χ4v) is 2.42. The molecule has 0 bridgehead atoms. The van der Waals surface area contributed by atoms with Crippen LogP contribution in [-0.4, -0.2) is 23.9 Å². The van der Waals surface area contributed by atoms with Gasteiger partial charge in [-0.2, -0.15) is 0 Å². The molecule has 2 N–H and O–H groups in total. The first-order valence-corrected chi connectivity index (χ1v) is 6.62. The molecule has 2 rings (SSSR count). The Labute approximate surface area is 110 Å². The van der Waals surface area contributed by atoms with Gasteiger partial charge in [0.05, 0.1) is 10.0 Å². The molecular formula is C13H17BrN2O. The third-order valence-corrected chi connectivity index (χ3v) is 4.38. The van der Waals surface area contributed by atoms with Crippen LogP contribution in [0.25, 0.3) is 0 Å². The number of nitrogen functional groups attached to an aromatic ring is 1. The van der Waals surface area contributed by atoms with E-state index in [0.717, 1.165) is 0 Å². The first-order chi connectivity index (χ1) is 8.02. The molecular weight excluding hydrogens is 280 g/mol. The Morgan fingerprint density at radius 1 is 1.53 bits per heavy atom. The van der Waals surface area contributed by atoms with Crippen LogP contribution in [-0.2, 0) is 0 Å². The second-order valence-corrected chi connectivity index (χ2v) is 5.50. The SMILES string of the molecule is CC(C1CC1)N(C)C(=O)c1cccc(N)c1Br. The van der Waals surface area contributed by atoms with Gasteiger partial charge in [0.1, 0.15) is 0 Å². The van der Waals surface area contributed by atoms with Gasteiger partial charge in [-0.25, -0.2) is 0 Å². The van der Waals surface area contributed by atoms with E-state index in [1.54, 1.807) is 12.1 Å². The van der Waals surface area contributed by atoms with Crippen molar-refractivity contribution in [3.63, 3.8) is 0 Å². The van der Waals surface area contributed by atoms with E-state index in [9.17, 15) is 4.79 Å². The van der Waals surface area contributed by atoms with Gasteiger partial charge in [0, 0.05) is 18.8 Å². The maximum Gasteiger partial charge on any atom is 0.255 e. The molecule has 0 radical (unpaired) electrons. The van der Waals surface area contributed by atoms with Gasteiger partial charge in [-0.05, 0) is 53.7 Å². The quantitative estimate of drug-likeness (QED) is 0.872. The average molecular weight is 297 g/mol. The maximum absolute atomic E-state index is 12.3. The van der Waals surface area contributed by atoms with Crippen LogP contribution in [0.1, 0.15) is 30.1 Å². The Morgan fingerprint density at radius 3 is 2.76 bits per heavy atom. The molecule has 1 fully saturated rings. The van der Waals surface area contributed by atoms with Gasteiger partial charge < -0.3 is 10.6 Å². The number of nitrogens with two attached hydrogens (primary N) is 1. The maximum atomic E-state index is 12.3. The van der Waals surface area contributed by atoms with Crippen molar-refractivity contribution in [2.24, 2.45) is 5.92 Å². The lowest BCUT2D eigenvalue weighted by atomic mass is 10.1. The first-order valence-electron chi connectivity index (χ1n) is 5.83. The Bertz CT molecular complexity index is 443. The second-order valence-electron chi connectivity index (χ2n) is 4.70. The summed E-state index contributed by atoms with van der Waals surface area (Å²) < 4.78 is 0.694. The Hall–Kier alpha value is -1.03. The highest BCUT2D eigenvalue weighted by atomic mass is 79.9. The van der Waals surface area contributed by atoms with E-state index in [0.29, 0.717) is 27.7 Å². The molecule has 1 aromatic rings. The lowest BCUT2D eigenvalue weighted by Crippen LogP contribution is -2.36. The molecule has 0 aliphatic heterocycles. The van der Waals surface area contributed by atoms with Gasteiger partial charge in [-0.1, -0.05) is 6.07 Å². The van der Waals surface area contributed by atoms with E-state index in [-0.39, 0.29) is 5.91 Å². The predicted octanol–water partition coefficient (Wildman–Crippen LogP) is 2.90. The normalized spacial score (nSPS) is 16.6. The summed E-state index contributed by atoms with van der Waals surface area (Å²) in [5.41, 5.74) is 7.03. The van der Waals surface area contributed by atoms with Crippen molar-refractivity contribution in [2.75, 3.05) is 12.8 Å². The van der Waals surface area contributed by atoms with Crippen molar-refractivity contribution in [3.05, 3.63) is 28.2 Å². The third-order valence-electron chi connectivity index (χ3n) is 3.49. The van der Waals surface area contributed by atoms with Crippen molar-refractivity contribution >= 4 is 27.5 Å². The van der Waals surface area contributed by atoms with E-state index < -0.39 is 0 Å². The molecule has 17 heavy (non-hydrogen) atoms. The van der Waals surface area contributed by atoms with Crippen LogP contribution >= 0.6 is 15.9 Å². The number of nitrogens with zero attached hydrogens (tertiary/aromatic N) is 1. The lowest BCUT2D eigenvalue weighted by Gasteiger charge is -2.25. The second kappa shape index (κ2) is 4.69. The number of rotatable bonds is 3. The van der Waals surface area contributed by atoms with Crippen LogP contribution in [0.15, 0.2) is 22.7 Å². The Kier molecular flexibility index (Phi) is 3.43. The number of hydrogen-bond donors (Lipinski definition) is 1. The number of anilines is 1. The van der Waals surface area contributed by atoms with E-state index in [2.05, 4.69) is 22.9 Å². The molecule has 4 heteroatoms. The summed E-state index contributed by atoms with van der Waals surface area (Å²) in [6, 6.07) is 5.70. The minimum Gasteiger partial charge on any atom is -0.398 e. The standard InChI is InChI=1S/C13H17BrN2O/c1-8(9-6-7-9)16(2)13(17)10-4-3-5-11(15)12(10)14/h3-5,8-9H,6-7,15H2,1-2H3. The van der Waals surface area contributed by atoms with Gasteiger partial charge in [-0.3, -0.25) is 4.79 Å². The number of carbonyl (C=O) groups excluding carboxylic acids is 1. The number of halogens is 1. The van der Waals surface area contributed by atoms with Gasteiger partial charge >= 0.3 is 0 Å². The zero-order valence-electron chi connectivity index (χ0n) is 10.1. The summed E-state index contributed by atoms with van der Waals surface area (Å²) in [4.78, 5) is 14.1. The van der Waals surface area contributed by atoms with Gasteiger partial charge in [0.15, 0.2) is 0 Å². The highest BCUT2D eigenvalue weighted by Crippen LogP contribution is 2.35. The molecule has 0 saturated heterocycles. The van der Waals surface area contributed by atoms with E-state index in [1.807, 2.05) is 18.0 Å². The average Bonchev–Trinajstić information content (AvgIpc) is 3.14. The molecule has 0 heterocycles. The summed E-state index contributed by atoms with van der Waals surface area (Å²) in [6.07, 6.45) is 2.47. The minimum atomic E-state index is 0.0311. The first kappa shape index (κ1) is 12.4. The monoisotopic (exact) mass is 296 g/mol. The molecule has 3 nitrogen and oxygen atoms in total. The Balaban J connectivity index is 2.21. The molecule has 1 aliphatic rings. The van der Waals surface area contributed by atoms with E-state index in [1.165, 1.54) is 12.8 Å². The van der Waals surface area contributed by atoms with Crippen LogP contribution in [0.3, 0.4) is 0 Å². The summed E-state index contributed by atoms with van der Waals surface area (Å²) >= 11 is 3.38. The van der Waals surface area contributed by atoms with Gasteiger partial charge in [0.25, 0.3) is 5.91 Å². The van der Waals surface area contributed by atoms with Crippen molar-refractivity contribution < 1.29 is 4.79 Å². The topological polar surface area (TPSA) is 46.3 Å². The largest absolute Gasteiger partial charge is 0.398 e. The fourth-order valence-electron chi connectivity index (χ4n) is 1.98. The van der Waals surface area contributed by atoms with Gasteiger partial charge in [0.2, 0.25) is 0 Å². The van der Waals surface area contributed by atoms with Crippen LogP contribution in [0.2, 0.25) is 0 Å². The van der Waals surface area contributed by atoms with Crippen LogP contribution in [0.4, 0.5) is 5.69 Å². The molecule has 0 spiro atoms. The van der Waals surface area contributed by atoms with Crippen LogP contribution in [0.5, 0.6) is 0 Å². The Morgan fingerprint density at radius 2 is 2.18 bits per heavy atom. The van der Waals surface area contributed by atoms with Crippen LogP contribution in [0, 0.1) is 5.92 Å². The summed E-state index contributed by atoms with van der Waals surface area (Å²) in [5, 5.41) is 0. The molecule has 1 unspecified atom stereocenters. The predicted molar refractivity (Wildman–Crippen MR) is 72.8 cm³/mol. The van der Waals surface area contributed by atoms with Crippen molar-refractivity contribution in [3.8, 4) is 0 Å². The summed E-state index contributed by atoms with van der Waals surface area (Å²) in [5.74, 6) is 0.701.